The van der Waals surface area contributed by atoms with E-state index in [9.17, 15) is 17.6 Å². The van der Waals surface area contributed by atoms with Gasteiger partial charge in [0.2, 0.25) is 10.0 Å². The zero-order chi connectivity index (χ0) is 28.6. The Hall–Kier alpha value is -4.09. The molecule has 0 radical (unpaired) electrons. The average Bonchev–Trinajstić information content (AvgIpc) is 3.72. The topological polar surface area (TPSA) is 124 Å². The van der Waals surface area contributed by atoms with Gasteiger partial charge in [0.1, 0.15) is 22.9 Å². The summed E-state index contributed by atoms with van der Waals surface area (Å²) in [5.41, 5.74) is 8.18. The number of rotatable bonds is 9. The van der Waals surface area contributed by atoms with Gasteiger partial charge in [-0.05, 0) is 85.8 Å². The molecule has 9 nitrogen and oxygen atoms in total. The Morgan fingerprint density at radius 1 is 1.12 bits per heavy atom. The van der Waals surface area contributed by atoms with E-state index in [1.165, 1.54) is 35.6 Å². The number of ether oxygens (including phenoxy) is 2. The van der Waals surface area contributed by atoms with E-state index in [0.717, 1.165) is 24.7 Å². The van der Waals surface area contributed by atoms with Crippen molar-refractivity contribution in [3.63, 3.8) is 0 Å². The molecule has 1 amide bonds. The smallest absolute Gasteiger partial charge is 0.412 e. The average molecular weight is 568 g/mol. The summed E-state index contributed by atoms with van der Waals surface area (Å²) in [4.78, 5) is 12.3. The number of furan rings is 1. The molecular weight excluding hydrogens is 537 g/mol. The van der Waals surface area contributed by atoms with Crippen molar-refractivity contribution < 1.29 is 31.5 Å². The summed E-state index contributed by atoms with van der Waals surface area (Å²) < 4.78 is 58.0. The summed E-state index contributed by atoms with van der Waals surface area (Å²) >= 11 is 0. The molecule has 3 N–H and O–H groups in total. The molecule has 0 saturated heterocycles. The fourth-order valence-corrected chi connectivity index (χ4v) is 5.88. The van der Waals surface area contributed by atoms with Crippen LogP contribution in [0.2, 0.25) is 0 Å². The Morgan fingerprint density at radius 3 is 2.30 bits per heavy atom. The van der Waals surface area contributed by atoms with Gasteiger partial charge in [-0.1, -0.05) is 0 Å². The van der Waals surface area contributed by atoms with Crippen LogP contribution in [0.5, 0.6) is 17.2 Å². The van der Waals surface area contributed by atoms with Crippen LogP contribution in [0.25, 0.3) is 22.3 Å². The summed E-state index contributed by atoms with van der Waals surface area (Å²) in [6.45, 7) is 1.89. The molecule has 1 aliphatic carbocycles. The maximum atomic E-state index is 13.2. The molecule has 1 saturated carbocycles. The number of fused-ring (bicyclic) bond motifs is 1. The van der Waals surface area contributed by atoms with Crippen molar-refractivity contribution in [2.24, 2.45) is 5.73 Å². The molecule has 5 rings (SSSR count). The lowest BCUT2D eigenvalue weighted by Crippen LogP contribution is -2.42. The van der Waals surface area contributed by atoms with E-state index >= 15 is 0 Å². The van der Waals surface area contributed by atoms with Crippen molar-refractivity contribution in [2.75, 3.05) is 24.2 Å². The largest absolute Gasteiger partial charge is 0.457 e. The zero-order valence-electron chi connectivity index (χ0n) is 22.3. The van der Waals surface area contributed by atoms with Crippen LogP contribution < -0.4 is 24.8 Å². The number of hydrogen-bond donors (Lipinski definition) is 2. The first-order chi connectivity index (χ1) is 19.1. The first-order valence-electron chi connectivity index (χ1n) is 12.8. The second kappa shape index (κ2) is 10.8. The molecule has 4 aromatic rings. The number of hydrogen-bond acceptors (Lipinski definition) is 7. The second-order valence-electron chi connectivity index (χ2n) is 9.81. The van der Waals surface area contributed by atoms with Gasteiger partial charge in [-0.3, -0.25) is 4.31 Å². The lowest BCUT2D eigenvalue weighted by molar-refractivity contribution is 0.203. The van der Waals surface area contributed by atoms with Crippen molar-refractivity contribution in [3.8, 4) is 28.6 Å². The zero-order valence-corrected chi connectivity index (χ0v) is 23.1. The van der Waals surface area contributed by atoms with Gasteiger partial charge in [0.05, 0.1) is 23.4 Å². The van der Waals surface area contributed by atoms with Crippen LogP contribution >= 0.6 is 0 Å². The number of sulfonamides is 1. The number of nitrogens with zero attached hydrogens (tertiary/aromatic N) is 1. The quantitative estimate of drug-likeness (QED) is 0.264. The monoisotopic (exact) mass is 567 g/mol. The third-order valence-corrected chi connectivity index (χ3v) is 7.98. The van der Waals surface area contributed by atoms with Crippen molar-refractivity contribution in [2.45, 2.75) is 31.7 Å². The Bertz CT molecular complexity index is 1650. The van der Waals surface area contributed by atoms with Crippen molar-refractivity contribution >= 4 is 32.8 Å². The van der Waals surface area contributed by atoms with Crippen LogP contribution in [0.15, 0.2) is 65.1 Å². The van der Waals surface area contributed by atoms with E-state index in [1.807, 2.05) is 6.07 Å². The number of carbonyl (C=O) groups excluding carboxylic acids is 1. The highest BCUT2D eigenvalue weighted by Crippen LogP contribution is 2.50. The summed E-state index contributed by atoms with van der Waals surface area (Å²) in [5, 5.41) is 3.00. The molecule has 0 spiro atoms. The SMILES string of the molecule is CNC(=O)Oc1c(-c2ccc(Oc3ccc(F)cc3)cc2)oc2cc(N(C(C)CN)S(C)(=O)=O)c(C3CC3)cc12. The number of nitrogens with two attached hydrogens (primary N) is 1. The summed E-state index contributed by atoms with van der Waals surface area (Å²) in [6, 6.07) is 15.6. The number of anilines is 1. The van der Waals surface area contributed by atoms with Gasteiger partial charge in [-0.25, -0.2) is 17.6 Å². The van der Waals surface area contributed by atoms with Crippen LogP contribution in [-0.2, 0) is 10.0 Å². The highest BCUT2D eigenvalue weighted by atomic mass is 32.2. The molecule has 0 aliphatic heterocycles. The molecule has 11 heteroatoms. The molecule has 1 aliphatic rings. The van der Waals surface area contributed by atoms with Gasteiger partial charge in [0.15, 0.2) is 11.5 Å². The summed E-state index contributed by atoms with van der Waals surface area (Å²) in [7, 11) is -2.20. The van der Waals surface area contributed by atoms with E-state index in [2.05, 4.69) is 5.32 Å². The lowest BCUT2D eigenvalue weighted by Gasteiger charge is -2.30. The van der Waals surface area contributed by atoms with Crippen LogP contribution in [-0.4, -0.2) is 40.4 Å². The second-order valence-corrected chi connectivity index (χ2v) is 11.7. The van der Waals surface area contributed by atoms with Crippen LogP contribution in [0, 0.1) is 5.82 Å². The maximum Gasteiger partial charge on any atom is 0.412 e. The molecule has 1 unspecified atom stereocenters. The standard InChI is InChI=1S/C29H30FN3O6S/c1-17(16-31)33(40(3,35)36)25-15-26-24(14-23(25)18-4-5-18)28(39-29(34)32-2)27(38-26)19-6-10-21(11-7-19)37-22-12-8-20(30)9-13-22/h6-15,17-18H,4-5,16,31H2,1-3H3,(H,32,34). The number of benzene rings is 3. The minimum Gasteiger partial charge on any atom is -0.457 e. The highest BCUT2D eigenvalue weighted by molar-refractivity contribution is 7.92. The van der Waals surface area contributed by atoms with Gasteiger partial charge in [0.25, 0.3) is 0 Å². The maximum absolute atomic E-state index is 13.2. The predicted molar refractivity (Wildman–Crippen MR) is 151 cm³/mol. The first-order valence-corrected chi connectivity index (χ1v) is 14.7. The Kier molecular flexibility index (Phi) is 7.43. The molecule has 0 bridgehead atoms. The Morgan fingerprint density at radius 2 is 1.75 bits per heavy atom. The van der Waals surface area contributed by atoms with Crippen LogP contribution in [0.4, 0.5) is 14.9 Å². The van der Waals surface area contributed by atoms with Gasteiger partial charge < -0.3 is 24.9 Å². The minimum atomic E-state index is -3.66. The van der Waals surface area contributed by atoms with Crippen molar-refractivity contribution in [3.05, 3.63) is 72.0 Å². The molecule has 1 atom stereocenters. The van der Waals surface area contributed by atoms with Crippen molar-refractivity contribution in [1.82, 2.24) is 5.32 Å². The van der Waals surface area contributed by atoms with Gasteiger partial charge >= 0.3 is 6.09 Å². The summed E-state index contributed by atoms with van der Waals surface area (Å²) in [6.07, 6.45) is 2.31. The first kappa shape index (κ1) is 27.5. The normalized spacial score (nSPS) is 14.1. The molecular formula is C29H30FN3O6S. The molecule has 210 valence electrons. The fraction of sp³-hybridized carbons (Fsp3) is 0.276. The van der Waals surface area contributed by atoms with E-state index < -0.39 is 22.2 Å². The third kappa shape index (κ3) is 5.61. The number of carbonyl (C=O) groups is 1. The van der Waals surface area contributed by atoms with Gasteiger partial charge in [-0.2, -0.15) is 0 Å². The number of nitrogens with one attached hydrogen (secondary N) is 1. The Balaban J connectivity index is 1.62. The molecule has 1 aromatic heterocycles. The highest BCUT2D eigenvalue weighted by Gasteiger charge is 2.34. The number of amides is 1. The van der Waals surface area contributed by atoms with Gasteiger partial charge in [0, 0.05) is 25.2 Å². The van der Waals surface area contributed by atoms with Crippen LogP contribution in [0.3, 0.4) is 0 Å². The van der Waals surface area contributed by atoms with Gasteiger partial charge in [-0.15, -0.1) is 0 Å². The minimum absolute atomic E-state index is 0.135. The predicted octanol–water partition coefficient (Wildman–Crippen LogP) is 5.74. The Labute approximate surface area is 231 Å². The van der Waals surface area contributed by atoms with E-state index in [4.69, 9.17) is 19.6 Å². The van der Waals surface area contributed by atoms with Crippen LogP contribution in [0.1, 0.15) is 31.2 Å². The number of halogens is 1. The van der Waals surface area contributed by atoms with E-state index in [1.54, 1.807) is 37.3 Å². The molecule has 1 heterocycles. The third-order valence-electron chi connectivity index (χ3n) is 6.71. The fourth-order valence-electron chi connectivity index (χ4n) is 4.63. The van der Waals surface area contributed by atoms with E-state index in [0.29, 0.717) is 39.5 Å². The lowest BCUT2D eigenvalue weighted by atomic mass is 10.0. The van der Waals surface area contributed by atoms with Crippen molar-refractivity contribution in [1.29, 1.82) is 0 Å². The molecule has 1 fully saturated rings. The molecule has 3 aromatic carbocycles. The molecule has 40 heavy (non-hydrogen) atoms. The van der Waals surface area contributed by atoms with E-state index in [-0.39, 0.29) is 24.0 Å². The summed E-state index contributed by atoms with van der Waals surface area (Å²) in [5.74, 6) is 1.31.